The molecule has 1 heterocycles. The first-order chi connectivity index (χ1) is 10.5. The van der Waals surface area contributed by atoms with Gasteiger partial charge in [0.1, 0.15) is 5.75 Å². The molecule has 0 aliphatic rings. The van der Waals surface area contributed by atoms with E-state index in [0.29, 0.717) is 16.3 Å². The number of nitrogens with zero attached hydrogens (tertiary/aromatic N) is 1. The first-order valence-corrected chi connectivity index (χ1v) is 8.05. The molecule has 0 spiro atoms. The maximum absolute atomic E-state index is 12.1. The van der Waals surface area contributed by atoms with Gasteiger partial charge in [-0.1, -0.05) is 0 Å². The van der Waals surface area contributed by atoms with Crippen molar-refractivity contribution in [1.82, 2.24) is 4.90 Å². The minimum Gasteiger partial charge on any atom is -0.497 e. The summed E-state index contributed by atoms with van der Waals surface area (Å²) in [4.78, 5) is 26.1. The molecule has 7 heteroatoms. The van der Waals surface area contributed by atoms with Crippen molar-refractivity contribution >= 4 is 44.8 Å². The Morgan fingerprint density at radius 3 is 2.45 bits per heavy atom. The quantitative estimate of drug-likeness (QED) is 0.863. The number of benzene rings is 1. The van der Waals surface area contributed by atoms with E-state index >= 15 is 0 Å². The van der Waals surface area contributed by atoms with Crippen LogP contribution in [-0.4, -0.2) is 37.4 Å². The SMILES string of the molecule is COc1ccc(NC(=O)CN(C)C(=O)c2ccc(Br)s2)cc1. The summed E-state index contributed by atoms with van der Waals surface area (Å²) in [7, 11) is 3.18. The number of ether oxygens (including phenoxy) is 1. The number of amides is 2. The van der Waals surface area contributed by atoms with Crippen LogP contribution in [-0.2, 0) is 4.79 Å². The van der Waals surface area contributed by atoms with Gasteiger partial charge in [0.2, 0.25) is 5.91 Å². The lowest BCUT2D eigenvalue weighted by Crippen LogP contribution is -2.34. The van der Waals surface area contributed by atoms with Crippen molar-refractivity contribution in [3.63, 3.8) is 0 Å². The summed E-state index contributed by atoms with van der Waals surface area (Å²) in [6.07, 6.45) is 0. The normalized spacial score (nSPS) is 10.1. The second-order valence-corrected chi connectivity index (χ2v) is 7.00. The summed E-state index contributed by atoms with van der Waals surface area (Å²) < 4.78 is 5.93. The number of carbonyl (C=O) groups excluding carboxylic acids is 2. The minimum absolute atomic E-state index is 0.0135. The second kappa shape index (κ2) is 7.42. The Labute approximate surface area is 141 Å². The molecule has 0 unspecified atom stereocenters. The molecule has 0 aliphatic heterocycles. The number of halogens is 1. The largest absolute Gasteiger partial charge is 0.497 e. The van der Waals surface area contributed by atoms with Crippen molar-refractivity contribution in [2.24, 2.45) is 0 Å². The van der Waals surface area contributed by atoms with Crippen LogP contribution in [0, 0.1) is 0 Å². The maximum Gasteiger partial charge on any atom is 0.264 e. The second-order valence-electron chi connectivity index (χ2n) is 4.54. The summed E-state index contributed by atoms with van der Waals surface area (Å²) >= 11 is 4.65. The van der Waals surface area contributed by atoms with Crippen LogP contribution in [0.5, 0.6) is 5.75 Å². The molecule has 116 valence electrons. The highest BCUT2D eigenvalue weighted by Gasteiger charge is 2.16. The third-order valence-corrected chi connectivity index (χ3v) is 4.50. The minimum atomic E-state index is -0.253. The molecule has 5 nitrogen and oxygen atoms in total. The van der Waals surface area contributed by atoms with E-state index in [1.165, 1.54) is 16.2 Å². The van der Waals surface area contributed by atoms with Crippen molar-refractivity contribution in [2.75, 3.05) is 26.0 Å². The van der Waals surface area contributed by atoms with E-state index in [2.05, 4.69) is 21.2 Å². The molecule has 1 aromatic heterocycles. The summed E-state index contributed by atoms with van der Waals surface area (Å²) in [5.74, 6) is 0.283. The van der Waals surface area contributed by atoms with Gasteiger partial charge in [0.25, 0.3) is 5.91 Å². The molecule has 22 heavy (non-hydrogen) atoms. The zero-order valence-corrected chi connectivity index (χ0v) is 14.5. The van der Waals surface area contributed by atoms with Crippen molar-refractivity contribution < 1.29 is 14.3 Å². The number of thiophene rings is 1. The summed E-state index contributed by atoms with van der Waals surface area (Å²) in [6, 6.07) is 10.5. The Morgan fingerprint density at radius 1 is 1.23 bits per heavy atom. The van der Waals surface area contributed by atoms with Gasteiger partial charge in [-0.2, -0.15) is 0 Å². The number of rotatable bonds is 5. The topological polar surface area (TPSA) is 58.6 Å². The van der Waals surface area contributed by atoms with Crippen LogP contribution in [0.1, 0.15) is 9.67 Å². The molecule has 0 bridgehead atoms. The fourth-order valence-electron chi connectivity index (χ4n) is 1.78. The van der Waals surface area contributed by atoms with Gasteiger partial charge >= 0.3 is 0 Å². The third-order valence-electron chi connectivity index (χ3n) is 2.89. The Kier molecular flexibility index (Phi) is 5.57. The van der Waals surface area contributed by atoms with Gasteiger partial charge in [-0.3, -0.25) is 9.59 Å². The zero-order chi connectivity index (χ0) is 16.1. The van der Waals surface area contributed by atoms with E-state index in [9.17, 15) is 9.59 Å². The number of hydrogen-bond acceptors (Lipinski definition) is 4. The van der Waals surface area contributed by atoms with Crippen LogP contribution >= 0.6 is 27.3 Å². The lowest BCUT2D eigenvalue weighted by Gasteiger charge is -2.16. The lowest BCUT2D eigenvalue weighted by atomic mass is 10.3. The van der Waals surface area contributed by atoms with Crippen LogP contribution in [0.3, 0.4) is 0 Å². The third kappa shape index (κ3) is 4.32. The van der Waals surface area contributed by atoms with Crippen molar-refractivity contribution in [3.05, 3.63) is 45.1 Å². The maximum atomic E-state index is 12.1. The van der Waals surface area contributed by atoms with Gasteiger partial charge in [0.15, 0.2) is 0 Å². The van der Waals surface area contributed by atoms with Crippen molar-refractivity contribution in [3.8, 4) is 5.75 Å². The standard InChI is InChI=1S/C15H15BrN2O3S/c1-18(15(20)12-7-8-13(16)22-12)9-14(19)17-10-3-5-11(21-2)6-4-10/h3-8H,9H2,1-2H3,(H,17,19). The summed E-state index contributed by atoms with van der Waals surface area (Å²) in [5.41, 5.74) is 0.658. The Hall–Kier alpha value is -1.86. The average Bonchev–Trinajstić information content (AvgIpc) is 2.93. The molecule has 1 N–H and O–H groups in total. The molecule has 0 atom stereocenters. The number of carbonyl (C=O) groups is 2. The molecular formula is C15H15BrN2O3S. The van der Waals surface area contributed by atoms with Crippen molar-refractivity contribution in [1.29, 1.82) is 0 Å². The molecule has 2 amide bonds. The van der Waals surface area contributed by atoms with Crippen LogP contribution in [0.15, 0.2) is 40.2 Å². The summed E-state index contributed by atoms with van der Waals surface area (Å²) in [6.45, 7) is -0.0135. The monoisotopic (exact) mass is 382 g/mol. The highest BCUT2D eigenvalue weighted by Crippen LogP contribution is 2.23. The molecule has 0 aliphatic carbocycles. The predicted molar refractivity (Wildman–Crippen MR) is 90.6 cm³/mol. The van der Waals surface area contributed by atoms with Crippen LogP contribution in [0.25, 0.3) is 0 Å². The molecule has 2 rings (SSSR count). The number of methoxy groups -OCH3 is 1. The Balaban J connectivity index is 1.91. The fraction of sp³-hybridized carbons (Fsp3) is 0.200. The molecule has 0 fully saturated rings. The predicted octanol–water partition coefficient (Wildman–Crippen LogP) is 3.23. The first kappa shape index (κ1) is 16.5. The van der Waals surface area contributed by atoms with Crippen LogP contribution in [0.4, 0.5) is 5.69 Å². The Morgan fingerprint density at radius 2 is 1.91 bits per heavy atom. The van der Waals surface area contributed by atoms with E-state index in [1.807, 2.05) is 6.07 Å². The smallest absolute Gasteiger partial charge is 0.264 e. The van der Waals surface area contributed by atoms with Gasteiger partial charge in [-0.15, -0.1) is 11.3 Å². The fourth-order valence-corrected chi connectivity index (χ4v) is 3.16. The molecular weight excluding hydrogens is 368 g/mol. The van der Waals surface area contributed by atoms with Crippen molar-refractivity contribution in [2.45, 2.75) is 0 Å². The van der Waals surface area contributed by atoms with Crippen LogP contribution in [0.2, 0.25) is 0 Å². The molecule has 1 aromatic carbocycles. The van der Waals surface area contributed by atoms with E-state index in [4.69, 9.17) is 4.74 Å². The van der Waals surface area contributed by atoms with Gasteiger partial charge in [-0.05, 0) is 52.3 Å². The number of hydrogen-bond donors (Lipinski definition) is 1. The number of likely N-dealkylation sites (N-methyl/N-ethyl adjacent to an activating group) is 1. The lowest BCUT2D eigenvalue weighted by molar-refractivity contribution is -0.116. The van der Waals surface area contributed by atoms with E-state index in [-0.39, 0.29) is 18.4 Å². The van der Waals surface area contributed by atoms with Crippen LogP contribution < -0.4 is 10.1 Å². The number of nitrogens with one attached hydrogen (secondary N) is 1. The molecule has 0 radical (unpaired) electrons. The first-order valence-electron chi connectivity index (χ1n) is 6.44. The molecule has 2 aromatic rings. The van der Waals surface area contributed by atoms with Gasteiger partial charge in [-0.25, -0.2) is 0 Å². The van der Waals surface area contributed by atoms with Gasteiger partial charge in [0.05, 0.1) is 22.3 Å². The van der Waals surface area contributed by atoms with E-state index in [1.54, 1.807) is 44.5 Å². The molecule has 0 saturated carbocycles. The highest BCUT2D eigenvalue weighted by atomic mass is 79.9. The number of anilines is 1. The molecule has 0 saturated heterocycles. The summed E-state index contributed by atoms with van der Waals surface area (Å²) in [5, 5.41) is 2.74. The highest BCUT2D eigenvalue weighted by molar-refractivity contribution is 9.11. The Bertz CT molecular complexity index is 670. The van der Waals surface area contributed by atoms with E-state index < -0.39 is 0 Å². The van der Waals surface area contributed by atoms with Gasteiger partial charge in [0, 0.05) is 12.7 Å². The van der Waals surface area contributed by atoms with Gasteiger partial charge < -0.3 is 15.0 Å². The van der Waals surface area contributed by atoms with E-state index in [0.717, 1.165) is 3.79 Å². The zero-order valence-electron chi connectivity index (χ0n) is 12.1. The average molecular weight is 383 g/mol.